The van der Waals surface area contributed by atoms with Crippen LogP contribution in [0.15, 0.2) is 24.3 Å². The molecule has 1 unspecified atom stereocenters. The third kappa shape index (κ3) is 2.90. The van der Waals surface area contributed by atoms with E-state index in [0.29, 0.717) is 6.04 Å². The number of hydrogen-bond acceptors (Lipinski definition) is 1. The Kier molecular flexibility index (Phi) is 4.22. The SMILES string of the molecule is CNC(c1ccccc1C)C1CCC(C)CC1. The minimum absolute atomic E-state index is 0.545. The van der Waals surface area contributed by atoms with Gasteiger partial charge in [0.1, 0.15) is 0 Å². The van der Waals surface area contributed by atoms with Crippen LogP contribution in [0, 0.1) is 18.8 Å². The van der Waals surface area contributed by atoms with E-state index in [0.717, 1.165) is 11.8 Å². The van der Waals surface area contributed by atoms with Crippen molar-refractivity contribution >= 4 is 0 Å². The van der Waals surface area contributed by atoms with Crippen molar-refractivity contribution in [3.05, 3.63) is 35.4 Å². The minimum Gasteiger partial charge on any atom is -0.313 e. The predicted molar refractivity (Wildman–Crippen MR) is 74.1 cm³/mol. The largest absolute Gasteiger partial charge is 0.313 e. The highest BCUT2D eigenvalue weighted by atomic mass is 14.9. The molecule has 17 heavy (non-hydrogen) atoms. The fraction of sp³-hybridized carbons (Fsp3) is 0.625. The van der Waals surface area contributed by atoms with Gasteiger partial charge in [0, 0.05) is 6.04 Å². The zero-order chi connectivity index (χ0) is 12.3. The van der Waals surface area contributed by atoms with Gasteiger partial charge < -0.3 is 5.32 Å². The van der Waals surface area contributed by atoms with E-state index in [9.17, 15) is 0 Å². The summed E-state index contributed by atoms with van der Waals surface area (Å²) in [7, 11) is 2.11. The molecule has 1 saturated carbocycles. The molecule has 1 aliphatic carbocycles. The molecule has 0 aliphatic heterocycles. The maximum atomic E-state index is 3.54. The number of benzene rings is 1. The van der Waals surface area contributed by atoms with E-state index in [4.69, 9.17) is 0 Å². The standard InChI is InChI=1S/C16H25N/c1-12-8-10-14(11-9-12)16(17-3)15-7-5-4-6-13(15)2/h4-7,12,14,16-17H,8-11H2,1-3H3. The van der Waals surface area contributed by atoms with Crippen molar-refractivity contribution in [3.8, 4) is 0 Å². The first-order valence-electron chi connectivity index (χ1n) is 6.95. The molecule has 1 fully saturated rings. The van der Waals surface area contributed by atoms with Crippen LogP contribution in [0.4, 0.5) is 0 Å². The summed E-state index contributed by atoms with van der Waals surface area (Å²) in [6, 6.07) is 9.36. The van der Waals surface area contributed by atoms with Crippen LogP contribution in [0.2, 0.25) is 0 Å². The normalized spacial score (nSPS) is 26.8. The van der Waals surface area contributed by atoms with Crippen LogP contribution in [-0.2, 0) is 0 Å². The quantitative estimate of drug-likeness (QED) is 0.826. The molecule has 0 heterocycles. The Hall–Kier alpha value is -0.820. The van der Waals surface area contributed by atoms with E-state index in [1.165, 1.54) is 36.8 Å². The third-order valence-electron chi connectivity index (χ3n) is 4.37. The molecule has 1 atom stereocenters. The average Bonchev–Trinajstić information content (AvgIpc) is 2.35. The van der Waals surface area contributed by atoms with Crippen LogP contribution in [0.5, 0.6) is 0 Å². The Labute approximate surface area is 106 Å². The van der Waals surface area contributed by atoms with Crippen molar-refractivity contribution in [2.24, 2.45) is 11.8 Å². The van der Waals surface area contributed by atoms with E-state index in [2.05, 4.69) is 50.5 Å². The highest BCUT2D eigenvalue weighted by Crippen LogP contribution is 2.37. The Morgan fingerprint density at radius 2 is 1.76 bits per heavy atom. The van der Waals surface area contributed by atoms with Gasteiger partial charge in [-0.05, 0) is 49.8 Å². The van der Waals surface area contributed by atoms with Crippen molar-refractivity contribution < 1.29 is 0 Å². The third-order valence-corrected chi connectivity index (χ3v) is 4.37. The summed E-state index contributed by atoms with van der Waals surface area (Å²) in [5.74, 6) is 1.75. The predicted octanol–water partition coefficient (Wildman–Crippen LogP) is 4.08. The molecule has 0 bridgehead atoms. The molecule has 0 spiro atoms. The molecule has 0 amide bonds. The van der Waals surface area contributed by atoms with Crippen LogP contribution < -0.4 is 5.32 Å². The molecule has 1 N–H and O–H groups in total. The van der Waals surface area contributed by atoms with Gasteiger partial charge in [0.25, 0.3) is 0 Å². The van der Waals surface area contributed by atoms with Gasteiger partial charge in [0.15, 0.2) is 0 Å². The summed E-state index contributed by atoms with van der Waals surface area (Å²) in [5, 5.41) is 3.54. The first kappa shape index (κ1) is 12.6. The van der Waals surface area contributed by atoms with Gasteiger partial charge in [0.05, 0.1) is 0 Å². The van der Waals surface area contributed by atoms with E-state index in [1.54, 1.807) is 0 Å². The number of aryl methyl sites for hydroxylation is 1. The molecule has 0 saturated heterocycles. The fourth-order valence-electron chi connectivity index (χ4n) is 3.20. The lowest BCUT2D eigenvalue weighted by Gasteiger charge is -2.33. The van der Waals surface area contributed by atoms with Crippen molar-refractivity contribution in [1.82, 2.24) is 5.32 Å². The molecular weight excluding hydrogens is 206 g/mol. The van der Waals surface area contributed by atoms with Gasteiger partial charge in [0.2, 0.25) is 0 Å². The molecule has 1 nitrogen and oxygen atoms in total. The molecule has 94 valence electrons. The Morgan fingerprint density at radius 1 is 1.12 bits per heavy atom. The van der Waals surface area contributed by atoms with Crippen LogP contribution in [0.1, 0.15) is 49.8 Å². The second-order valence-corrected chi connectivity index (χ2v) is 5.64. The maximum Gasteiger partial charge on any atom is 0.0348 e. The van der Waals surface area contributed by atoms with E-state index in [1.807, 2.05) is 0 Å². The summed E-state index contributed by atoms with van der Waals surface area (Å²) in [6.07, 6.45) is 5.55. The van der Waals surface area contributed by atoms with Gasteiger partial charge in [-0.2, -0.15) is 0 Å². The first-order valence-corrected chi connectivity index (χ1v) is 6.95. The number of rotatable bonds is 3. The summed E-state index contributed by atoms with van der Waals surface area (Å²) in [6.45, 7) is 4.61. The monoisotopic (exact) mass is 231 g/mol. The smallest absolute Gasteiger partial charge is 0.0348 e. The summed E-state index contributed by atoms with van der Waals surface area (Å²) in [5.41, 5.74) is 2.92. The number of nitrogens with one attached hydrogen (secondary N) is 1. The molecule has 1 aromatic carbocycles. The van der Waals surface area contributed by atoms with Crippen LogP contribution in [-0.4, -0.2) is 7.05 Å². The molecule has 0 aromatic heterocycles. The van der Waals surface area contributed by atoms with Crippen molar-refractivity contribution in [2.75, 3.05) is 7.05 Å². The maximum absolute atomic E-state index is 3.54. The van der Waals surface area contributed by atoms with Gasteiger partial charge in [-0.1, -0.05) is 44.0 Å². The lowest BCUT2D eigenvalue weighted by Crippen LogP contribution is -2.28. The molecule has 1 aromatic rings. The first-order chi connectivity index (χ1) is 8.22. The minimum atomic E-state index is 0.545. The zero-order valence-corrected chi connectivity index (χ0v) is 11.4. The van der Waals surface area contributed by atoms with Crippen LogP contribution >= 0.6 is 0 Å². The molecular formula is C16H25N. The Bertz CT molecular complexity index is 350. The van der Waals surface area contributed by atoms with Crippen LogP contribution in [0.3, 0.4) is 0 Å². The lowest BCUT2D eigenvalue weighted by atomic mass is 9.77. The van der Waals surface area contributed by atoms with Gasteiger partial charge >= 0.3 is 0 Å². The van der Waals surface area contributed by atoms with Gasteiger partial charge in [-0.25, -0.2) is 0 Å². The zero-order valence-electron chi connectivity index (χ0n) is 11.4. The van der Waals surface area contributed by atoms with Crippen molar-refractivity contribution in [1.29, 1.82) is 0 Å². The lowest BCUT2D eigenvalue weighted by molar-refractivity contribution is 0.237. The Morgan fingerprint density at radius 3 is 2.35 bits per heavy atom. The van der Waals surface area contributed by atoms with E-state index >= 15 is 0 Å². The van der Waals surface area contributed by atoms with E-state index in [-0.39, 0.29) is 0 Å². The summed E-state index contributed by atoms with van der Waals surface area (Å²) in [4.78, 5) is 0. The highest BCUT2D eigenvalue weighted by Gasteiger charge is 2.26. The van der Waals surface area contributed by atoms with Crippen molar-refractivity contribution in [2.45, 2.75) is 45.6 Å². The average molecular weight is 231 g/mol. The van der Waals surface area contributed by atoms with Crippen LogP contribution in [0.25, 0.3) is 0 Å². The summed E-state index contributed by atoms with van der Waals surface area (Å²) < 4.78 is 0. The fourth-order valence-corrected chi connectivity index (χ4v) is 3.20. The molecule has 0 radical (unpaired) electrons. The van der Waals surface area contributed by atoms with Gasteiger partial charge in [-0.15, -0.1) is 0 Å². The second-order valence-electron chi connectivity index (χ2n) is 5.64. The molecule has 2 rings (SSSR count). The molecule has 1 heteroatoms. The van der Waals surface area contributed by atoms with Crippen molar-refractivity contribution in [3.63, 3.8) is 0 Å². The Balaban J connectivity index is 2.14. The highest BCUT2D eigenvalue weighted by molar-refractivity contribution is 5.29. The summed E-state index contributed by atoms with van der Waals surface area (Å²) >= 11 is 0. The molecule has 1 aliphatic rings. The topological polar surface area (TPSA) is 12.0 Å². The van der Waals surface area contributed by atoms with E-state index < -0.39 is 0 Å². The van der Waals surface area contributed by atoms with Gasteiger partial charge in [-0.3, -0.25) is 0 Å². The number of hydrogen-bond donors (Lipinski definition) is 1. The second kappa shape index (κ2) is 5.68.